The third-order valence-electron chi connectivity index (χ3n) is 4.92. The minimum atomic E-state index is -0.0926. The lowest BCUT2D eigenvalue weighted by atomic mass is 9.89. The fourth-order valence-electron chi connectivity index (χ4n) is 3.58. The van der Waals surface area contributed by atoms with E-state index in [9.17, 15) is 9.59 Å². The summed E-state index contributed by atoms with van der Waals surface area (Å²) in [6.45, 7) is 5.68. The average molecular weight is 380 g/mol. The van der Waals surface area contributed by atoms with Crippen LogP contribution in [-0.2, 0) is 0 Å². The van der Waals surface area contributed by atoms with Crippen LogP contribution in [0.4, 0.5) is 0 Å². The van der Waals surface area contributed by atoms with Crippen LogP contribution in [-0.4, -0.2) is 11.6 Å². The molecule has 0 radical (unpaired) electrons. The third-order valence-corrected chi connectivity index (χ3v) is 4.92. The van der Waals surface area contributed by atoms with Crippen molar-refractivity contribution in [3.8, 4) is 0 Å². The number of ketones is 2. The van der Waals surface area contributed by atoms with E-state index in [0.717, 1.165) is 27.8 Å². The SMILES string of the molecule is Cc1cc(C)c(C(=O)/C=C\c2ccccc2)c(C)c1C(=O)/C=C\c1ccccc1. The number of carbonyl (C=O) groups is 2. The molecule has 0 atom stereocenters. The second kappa shape index (κ2) is 9.11. The predicted molar refractivity (Wildman–Crippen MR) is 120 cm³/mol. The van der Waals surface area contributed by atoms with Crippen molar-refractivity contribution in [2.24, 2.45) is 0 Å². The van der Waals surface area contributed by atoms with Crippen molar-refractivity contribution in [2.45, 2.75) is 20.8 Å². The topological polar surface area (TPSA) is 34.1 Å². The molecule has 0 spiro atoms. The molecule has 144 valence electrons. The molecule has 2 heteroatoms. The van der Waals surface area contributed by atoms with Crippen LogP contribution in [0.3, 0.4) is 0 Å². The van der Waals surface area contributed by atoms with E-state index in [-0.39, 0.29) is 11.6 Å². The Hall–Kier alpha value is -3.52. The maximum absolute atomic E-state index is 12.9. The van der Waals surface area contributed by atoms with Gasteiger partial charge in [-0.25, -0.2) is 0 Å². The molecule has 0 aromatic heterocycles. The van der Waals surface area contributed by atoms with Gasteiger partial charge in [-0.3, -0.25) is 9.59 Å². The van der Waals surface area contributed by atoms with E-state index < -0.39 is 0 Å². The van der Waals surface area contributed by atoms with E-state index in [1.807, 2.05) is 87.5 Å². The molecule has 3 aromatic carbocycles. The summed E-state index contributed by atoms with van der Waals surface area (Å²) in [5.41, 5.74) is 5.61. The molecule has 3 aromatic rings. The summed E-state index contributed by atoms with van der Waals surface area (Å²) >= 11 is 0. The molecule has 0 saturated heterocycles. The number of carbonyl (C=O) groups excluding carboxylic acids is 2. The van der Waals surface area contributed by atoms with Crippen LogP contribution in [0.5, 0.6) is 0 Å². The fourth-order valence-corrected chi connectivity index (χ4v) is 3.58. The summed E-state index contributed by atoms with van der Waals surface area (Å²) < 4.78 is 0. The summed E-state index contributed by atoms with van der Waals surface area (Å²) in [5, 5.41) is 0. The van der Waals surface area contributed by atoms with Gasteiger partial charge in [-0.2, -0.15) is 0 Å². The molecule has 29 heavy (non-hydrogen) atoms. The van der Waals surface area contributed by atoms with Crippen molar-refractivity contribution < 1.29 is 9.59 Å². The van der Waals surface area contributed by atoms with Crippen molar-refractivity contribution in [2.75, 3.05) is 0 Å². The van der Waals surface area contributed by atoms with Crippen LogP contribution >= 0.6 is 0 Å². The van der Waals surface area contributed by atoms with Gasteiger partial charge in [0.05, 0.1) is 0 Å². The number of rotatable bonds is 6. The van der Waals surface area contributed by atoms with Gasteiger partial charge in [-0.05, 0) is 60.7 Å². The zero-order valence-corrected chi connectivity index (χ0v) is 17.0. The average Bonchev–Trinajstić information content (AvgIpc) is 2.72. The van der Waals surface area contributed by atoms with Gasteiger partial charge in [0.2, 0.25) is 0 Å². The Morgan fingerprint density at radius 1 is 0.621 bits per heavy atom. The van der Waals surface area contributed by atoms with Crippen LogP contribution in [0.1, 0.15) is 48.5 Å². The van der Waals surface area contributed by atoms with Gasteiger partial charge in [0.25, 0.3) is 0 Å². The zero-order chi connectivity index (χ0) is 20.8. The van der Waals surface area contributed by atoms with Gasteiger partial charge in [0, 0.05) is 11.1 Å². The zero-order valence-electron chi connectivity index (χ0n) is 17.0. The number of hydrogen-bond donors (Lipinski definition) is 0. The minimum Gasteiger partial charge on any atom is -0.289 e. The standard InChI is InChI=1S/C27H24O2/c1-19-18-20(2)27(25(29)17-15-23-12-8-5-9-13-23)21(3)26(19)24(28)16-14-22-10-6-4-7-11-22/h4-18H,1-3H3/b16-14-,17-15-. The van der Waals surface area contributed by atoms with Crippen molar-refractivity contribution in [3.63, 3.8) is 0 Å². The van der Waals surface area contributed by atoms with E-state index in [2.05, 4.69) is 0 Å². The number of aryl methyl sites for hydroxylation is 2. The third kappa shape index (κ3) is 4.85. The maximum atomic E-state index is 12.9. The van der Waals surface area contributed by atoms with E-state index >= 15 is 0 Å². The Morgan fingerprint density at radius 3 is 1.38 bits per heavy atom. The molecule has 3 rings (SSSR count). The predicted octanol–water partition coefficient (Wildman–Crippen LogP) is 6.40. The van der Waals surface area contributed by atoms with Gasteiger partial charge in [0.15, 0.2) is 11.6 Å². The molecule has 0 unspecified atom stereocenters. The molecule has 0 aliphatic carbocycles. The molecule has 0 fully saturated rings. The Kier molecular flexibility index (Phi) is 6.36. The summed E-state index contributed by atoms with van der Waals surface area (Å²) in [7, 11) is 0. The highest BCUT2D eigenvalue weighted by molar-refractivity contribution is 6.14. The van der Waals surface area contributed by atoms with Crippen LogP contribution < -0.4 is 0 Å². The van der Waals surface area contributed by atoms with Crippen molar-refractivity contribution in [3.05, 3.63) is 118 Å². The Bertz CT molecular complexity index is 1000. The van der Waals surface area contributed by atoms with Crippen molar-refractivity contribution >= 4 is 23.7 Å². The summed E-state index contributed by atoms with van der Waals surface area (Å²) in [6.07, 6.45) is 6.76. The summed E-state index contributed by atoms with van der Waals surface area (Å²) in [6, 6.07) is 21.3. The van der Waals surface area contributed by atoms with Gasteiger partial charge in [-0.15, -0.1) is 0 Å². The summed E-state index contributed by atoms with van der Waals surface area (Å²) in [4.78, 5) is 25.8. The molecule has 0 aliphatic rings. The van der Waals surface area contributed by atoms with Crippen LogP contribution in [0.2, 0.25) is 0 Å². The molecule has 2 nitrogen and oxygen atoms in total. The smallest absolute Gasteiger partial charge is 0.186 e. The molecular formula is C27H24O2. The largest absolute Gasteiger partial charge is 0.289 e. The lowest BCUT2D eigenvalue weighted by molar-refractivity contribution is 0.104. The molecule has 0 N–H and O–H groups in total. The fraction of sp³-hybridized carbons (Fsp3) is 0.111. The molecule has 0 heterocycles. The monoisotopic (exact) mass is 380 g/mol. The Balaban J connectivity index is 1.93. The first-order valence-electron chi connectivity index (χ1n) is 9.63. The van der Waals surface area contributed by atoms with Crippen LogP contribution in [0.15, 0.2) is 78.9 Å². The number of hydrogen-bond acceptors (Lipinski definition) is 2. The first-order chi connectivity index (χ1) is 14.0. The maximum Gasteiger partial charge on any atom is 0.186 e. The number of allylic oxidation sites excluding steroid dienone is 2. The second-order valence-electron chi connectivity index (χ2n) is 7.10. The molecule has 0 saturated carbocycles. The molecule has 0 amide bonds. The molecule has 0 bridgehead atoms. The lowest BCUT2D eigenvalue weighted by Crippen LogP contribution is -2.10. The number of benzene rings is 3. The summed E-state index contributed by atoms with van der Waals surface area (Å²) in [5.74, 6) is -0.185. The van der Waals surface area contributed by atoms with E-state index in [0.29, 0.717) is 11.1 Å². The van der Waals surface area contributed by atoms with Gasteiger partial charge >= 0.3 is 0 Å². The molecular weight excluding hydrogens is 356 g/mol. The van der Waals surface area contributed by atoms with Crippen molar-refractivity contribution in [1.29, 1.82) is 0 Å². The van der Waals surface area contributed by atoms with E-state index in [1.54, 1.807) is 24.3 Å². The van der Waals surface area contributed by atoms with E-state index in [1.165, 1.54) is 0 Å². The first-order valence-corrected chi connectivity index (χ1v) is 9.63. The first kappa shape index (κ1) is 20.2. The molecule has 0 aliphatic heterocycles. The van der Waals surface area contributed by atoms with Crippen molar-refractivity contribution in [1.82, 2.24) is 0 Å². The quantitative estimate of drug-likeness (QED) is 0.366. The Morgan fingerprint density at radius 2 is 1.00 bits per heavy atom. The lowest BCUT2D eigenvalue weighted by Gasteiger charge is -2.14. The highest BCUT2D eigenvalue weighted by Crippen LogP contribution is 2.24. The van der Waals surface area contributed by atoms with Gasteiger partial charge < -0.3 is 0 Å². The normalized spacial score (nSPS) is 11.3. The Labute approximate surface area is 172 Å². The highest BCUT2D eigenvalue weighted by atomic mass is 16.1. The van der Waals surface area contributed by atoms with Gasteiger partial charge in [0.1, 0.15) is 0 Å². The minimum absolute atomic E-state index is 0.0926. The van der Waals surface area contributed by atoms with E-state index in [4.69, 9.17) is 0 Å². The highest BCUT2D eigenvalue weighted by Gasteiger charge is 2.18. The van der Waals surface area contributed by atoms with Gasteiger partial charge in [-0.1, -0.05) is 78.9 Å². The van der Waals surface area contributed by atoms with Crippen LogP contribution in [0.25, 0.3) is 12.2 Å². The van der Waals surface area contributed by atoms with Crippen LogP contribution in [0, 0.1) is 20.8 Å². The second-order valence-corrected chi connectivity index (χ2v) is 7.10.